The summed E-state index contributed by atoms with van der Waals surface area (Å²) in [6, 6.07) is 0. The fraction of sp³-hybridized carbons (Fsp3) is 0.714. The minimum atomic E-state index is 0.313. The van der Waals surface area contributed by atoms with Crippen molar-refractivity contribution in [3.8, 4) is 0 Å². The van der Waals surface area contributed by atoms with Crippen LogP contribution in [0.4, 0.5) is 0 Å². The van der Waals surface area contributed by atoms with Crippen LogP contribution in [0, 0.1) is 5.41 Å². The van der Waals surface area contributed by atoms with Gasteiger partial charge in [-0.15, -0.1) is 0 Å². The number of hydrogen-bond acceptors (Lipinski definition) is 0. The van der Waals surface area contributed by atoms with E-state index in [0.29, 0.717) is 5.41 Å². The van der Waals surface area contributed by atoms with Gasteiger partial charge in [0.05, 0.1) is 0 Å². The van der Waals surface area contributed by atoms with E-state index in [2.05, 4.69) is 42.8 Å². The molecule has 0 aromatic rings. The molecule has 8 heavy (non-hydrogen) atoms. The topological polar surface area (TPSA) is 0 Å². The lowest BCUT2D eigenvalue weighted by Crippen LogP contribution is -1.98. The molecule has 0 atom stereocenters. The highest BCUT2D eigenvalue weighted by Crippen LogP contribution is 2.19. The molecule has 0 nitrogen and oxygen atoms in total. The van der Waals surface area contributed by atoms with Crippen molar-refractivity contribution in [1.82, 2.24) is 0 Å². The van der Waals surface area contributed by atoms with Gasteiger partial charge in [-0.25, -0.2) is 0 Å². The minimum absolute atomic E-state index is 0.313. The van der Waals surface area contributed by atoms with Gasteiger partial charge in [0.15, 0.2) is 0 Å². The maximum atomic E-state index is 3.37. The van der Waals surface area contributed by atoms with Gasteiger partial charge < -0.3 is 0 Å². The lowest BCUT2D eigenvalue weighted by atomic mass is 9.97. The van der Waals surface area contributed by atoms with Gasteiger partial charge in [0.2, 0.25) is 0 Å². The molecule has 0 aliphatic rings. The van der Waals surface area contributed by atoms with Crippen LogP contribution in [0.1, 0.15) is 27.7 Å². The second kappa shape index (κ2) is 2.67. The molecule has 0 aromatic carbocycles. The predicted molar refractivity (Wildman–Crippen MR) is 42.1 cm³/mol. The molecule has 0 aliphatic heterocycles. The Hall–Kier alpha value is 0.220. The van der Waals surface area contributed by atoms with Crippen LogP contribution in [0.25, 0.3) is 0 Å². The third-order valence-corrected chi connectivity index (χ3v) is 0.861. The van der Waals surface area contributed by atoms with Gasteiger partial charge in [-0.1, -0.05) is 42.8 Å². The molecule has 0 unspecified atom stereocenters. The van der Waals surface area contributed by atoms with E-state index < -0.39 is 0 Å². The average molecular weight is 177 g/mol. The second-order valence-corrected chi connectivity index (χ2v) is 4.35. The number of hydrogen-bond donors (Lipinski definition) is 0. The summed E-state index contributed by atoms with van der Waals surface area (Å²) in [4.78, 5) is 0. The number of allylic oxidation sites excluding steroid dienone is 2. The zero-order chi connectivity index (χ0) is 6.78. The first kappa shape index (κ1) is 8.22. The molecule has 1 heteroatoms. The van der Waals surface area contributed by atoms with Crippen LogP contribution in [-0.2, 0) is 0 Å². The van der Waals surface area contributed by atoms with E-state index in [4.69, 9.17) is 0 Å². The lowest BCUT2D eigenvalue weighted by molar-refractivity contribution is 0.543. The van der Waals surface area contributed by atoms with Gasteiger partial charge in [0.25, 0.3) is 0 Å². The first-order chi connectivity index (χ1) is 3.42. The molecule has 0 aromatic heterocycles. The van der Waals surface area contributed by atoms with Crippen molar-refractivity contribution in [3.63, 3.8) is 0 Å². The number of rotatable bonds is 0. The summed E-state index contributed by atoms with van der Waals surface area (Å²) in [5.74, 6) is 0. The van der Waals surface area contributed by atoms with Crippen molar-refractivity contribution in [2.24, 2.45) is 5.41 Å². The van der Waals surface area contributed by atoms with Crippen molar-refractivity contribution < 1.29 is 0 Å². The largest absolute Gasteiger partial charge is 0.0693 e. The fourth-order valence-corrected chi connectivity index (χ4v) is 1.28. The predicted octanol–water partition coefficient (Wildman–Crippen LogP) is 3.33. The molecular weight excluding hydrogens is 164 g/mol. The van der Waals surface area contributed by atoms with Gasteiger partial charge >= 0.3 is 0 Å². The Kier molecular flexibility index (Phi) is 2.75. The molecule has 0 N–H and O–H groups in total. The SMILES string of the molecule is C/C(Br)=C\C(C)(C)C. The van der Waals surface area contributed by atoms with E-state index in [0.717, 1.165) is 0 Å². The normalized spacial score (nSPS) is 14.4. The Morgan fingerprint density at radius 2 is 1.75 bits per heavy atom. The highest BCUT2D eigenvalue weighted by molar-refractivity contribution is 9.11. The van der Waals surface area contributed by atoms with E-state index in [1.165, 1.54) is 4.48 Å². The van der Waals surface area contributed by atoms with Crippen molar-refractivity contribution >= 4 is 15.9 Å². The second-order valence-electron chi connectivity index (χ2n) is 3.10. The first-order valence-electron chi connectivity index (χ1n) is 2.77. The average Bonchev–Trinajstić information content (AvgIpc) is 1.21. The van der Waals surface area contributed by atoms with E-state index in [1.54, 1.807) is 0 Å². The molecule has 0 fully saturated rings. The molecule has 0 aliphatic carbocycles. The quantitative estimate of drug-likeness (QED) is 0.532. The monoisotopic (exact) mass is 176 g/mol. The molecule has 0 bridgehead atoms. The lowest BCUT2D eigenvalue weighted by Gasteiger charge is -2.11. The Labute approximate surface area is 60.1 Å². The van der Waals surface area contributed by atoms with Crippen LogP contribution in [-0.4, -0.2) is 0 Å². The van der Waals surface area contributed by atoms with E-state index in [-0.39, 0.29) is 0 Å². The van der Waals surface area contributed by atoms with E-state index in [1.807, 2.05) is 6.92 Å². The molecule has 0 spiro atoms. The molecule has 0 amide bonds. The highest BCUT2D eigenvalue weighted by atomic mass is 79.9. The molecule has 0 saturated carbocycles. The van der Waals surface area contributed by atoms with Crippen molar-refractivity contribution in [2.75, 3.05) is 0 Å². The summed E-state index contributed by atoms with van der Waals surface area (Å²) in [6.45, 7) is 8.58. The summed E-state index contributed by atoms with van der Waals surface area (Å²) in [6.07, 6.45) is 2.19. The van der Waals surface area contributed by atoms with Gasteiger partial charge in [0.1, 0.15) is 0 Å². The summed E-state index contributed by atoms with van der Waals surface area (Å²) in [5.41, 5.74) is 0.313. The molecule has 0 radical (unpaired) electrons. The van der Waals surface area contributed by atoms with E-state index >= 15 is 0 Å². The van der Waals surface area contributed by atoms with Gasteiger partial charge in [-0.2, -0.15) is 0 Å². The first-order valence-corrected chi connectivity index (χ1v) is 3.56. The van der Waals surface area contributed by atoms with Gasteiger partial charge in [0, 0.05) is 0 Å². The van der Waals surface area contributed by atoms with Crippen LogP contribution in [0.3, 0.4) is 0 Å². The van der Waals surface area contributed by atoms with Gasteiger partial charge in [-0.05, 0) is 16.8 Å². The molecular formula is C7H13Br. The van der Waals surface area contributed by atoms with Crippen LogP contribution in [0.2, 0.25) is 0 Å². The molecule has 0 heterocycles. The van der Waals surface area contributed by atoms with Gasteiger partial charge in [-0.3, -0.25) is 0 Å². The zero-order valence-electron chi connectivity index (χ0n) is 5.96. The number of halogens is 1. The highest BCUT2D eigenvalue weighted by Gasteiger charge is 2.03. The van der Waals surface area contributed by atoms with Crippen LogP contribution in [0.5, 0.6) is 0 Å². The molecule has 0 rings (SSSR count). The third kappa shape index (κ3) is 6.22. The standard InChI is InChI=1S/C7H13Br/c1-6(8)5-7(2,3)4/h5H,1-4H3/b6-5+. The molecule has 48 valence electrons. The Morgan fingerprint density at radius 1 is 1.38 bits per heavy atom. The van der Waals surface area contributed by atoms with E-state index in [9.17, 15) is 0 Å². The van der Waals surface area contributed by atoms with Crippen molar-refractivity contribution in [3.05, 3.63) is 10.6 Å². The summed E-state index contributed by atoms with van der Waals surface area (Å²) >= 11 is 3.37. The molecule has 0 saturated heterocycles. The van der Waals surface area contributed by atoms with Crippen LogP contribution >= 0.6 is 15.9 Å². The van der Waals surface area contributed by atoms with Crippen LogP contribution < -0.4 is 0 Å². The maximum Gasteiger partial charge on any atom is -0.0115 e. The summed E-state index contributed by atoms with van der Waals surface area (Å²) in [7, 11) is 0. The Bertz CT molecular complexity index is 91.4. The van der Waals surface area contributed by atoms with Crippen molar-refractivity contribution in [1.29, 1.82) is 0 Å². The minimum Gasteiger partial charge on any atom is -0.0693 e. The maximum absolute atomic E-state index is 3.37. The summed E-state index contributed by atoms with van der Waals surface area (Å²) < 4.78 is 1.21. The zero-order valence-corrected chi connectivity index (χ0v) is 7.54. The smallest absolute Gasteiger partial charge is 0.0115 e. The van der Waals surface area contributed by atoms with Crippen LogP contribution in [0.15, 0.2) is 10.6 Å². The Balaban J connectivity index is 3.89. The fourth-order valence-electron chi connectivity index (χ4n) is 0.597. The third-order valence-electron chi connectivity index (χ3n) is 0.632. The summed E-state index contributed by atoms with van der Waals surface area (Å²) in [5, 5.41) is 0. The Morgan fingerprint density at radius 3 is 1.75 bits per heavy atom. The van der Waals surface area contributed by atoms with Crippen molar-refractivity contribution in [2.45, 2.75) is 27.7 Å².